The summed E-state index contributed by atoms with van der Waals surface area (Å²) in [7, 11) is 0. The van der Waals surface area contributed by atoms with Crippen LogP contribution in [0.1, 0.15) is 27.7 Å². The van der Waals surface area contributed by atoms with Crippen molar-refractivity contribution >= 4 is 17.5 Å². The molecule has 5 nitrogen and oxygen atoms in total. The Morgan fingerprint density at radius 3 is 2.26 bits per heavy atom. The van der Waals surface area contributed by atoms with Gasteiger partial charge in [0, 0.05) is 11.6 Å². The summed E-state index contributed by atoms with van der Waals surface area (Å²) in [4.78, 5) is 24.6. The van der Waals surface area contributed by atoms with Gasteiger partial charge in [-0.1, -0.05) is 0 Å². The number of anilines is 1. The first-order chi connectivity index (χ1) is 10.6. The average Bonchev–Trinajstić information content (AvgIpc) is 2.39. The van der Waals surface area contributed by atoms with Crippen molar-refractivity contribution in [2.75, 3.05) is 25.0 Å². The van der Waals surface area contributed by atoms with E-state index in [4.69, 9.17) is 0 Å². The second-order valence-electron chi connectivity index (χ2n) is 6.43. The molecule has 23 heavy (non-hydrogen) atoms. The highest BCUT2D eigenvalue weighted by Crippen LogP contribution is 2.14. The predicted molar refractivity (Wildman–Crippen MR) is 84.1 cm³/mol. The van der Waals surface area contributed by atoms with Crippen LogP contribution in [-0.2, 0) is 9.59 Å². The third-order valence-corrected chi connectivity index (χ3v) is 3.04. The SMILES string of the molecule is CC[NH+](CC(=O)Nc1ccc(F)cc1F)CC(=O)NC(C)(C)C. The normalized spacial score (nSPS) is 12.6. The van der Waals surface area contributed by atoms with Gasteiger partial charge >= 0.3 is 0 Å². The summed E-state index contributed by atoms with van der Waals surface area (Å²) >= 11 is 0. The van der Waals surface area contributed by atoms with E-state index >= 15 is 0 Å². The fourth-order valence-electron chi connectivity index (χ4n) is 2.01. The fourth-order valence-corrected chi connectivity index (χ4v) is 2.01. The standard InChI is InChI=1S/C16H23F2N3O2/c1-5-21(10-15(23)20-16(2,3)4)9-14(22)19-13-7-6-11(17)8-12(13)18/h6-8H,5,9-10H2,1-4H3,(H,19,22)(H,20,23)/p+1. The zero-order chi connectivity index (χ0) is 17.6. The van der Waals surface area contributed by atoms with Crippen molar-refractivity contribution in [1.29, 1.82) is 0 Å². The van der Waals surface area contributed by atoms with E-state index in [0.29, 0.717) is 12.6 Å². The highest BCUT2D eigenvalue weighted by atomic mass is 19.1. The molecule has 1 unspecified atom stereocenters. The van der Waals surface area contributed by atoms with Gasteiger partial charge in [-0.25, -0.2) is 8.78 Å². The molecule has 0 fully saturated rings. The number of amides is 2. The Morgan fingerprint density at radius 2 is 1.74 bits per heavy atom. The Labute approximate surface area is 135 Å². The van der Waals surface area contributed by atoms with Gasteiger partial charge in [0.1, 0.15) is 11.6 Å². The highest BCUT2D eigenvalue weighted by Gasteiger charge is 2.20. The molecule has 0 aliphatic carbocycles. The van der Waals surface area contributed by atoms with Gasteiger partial charge in [-0.2, -0.15) is 0 Å². The molecule has 1 rings (SSSR count). The minimum Gasteiger partial charge on any atom is -0.347 e. The number of carbonyl (C=O) groups is 2. The maximum atomic E-state index is 13.5. The number of halogens is 2. The minimum atomic E-state index is -0.832. The Balaban J connectivity index is 2.58. The number of rotatable bonds is 6. The number of carbonyl (C=O) groups excluding carboxylic acids is 2. The summed E-state index contributed by atoms with van der Waals surface area (Å²) in [5.74, 6) is -2.13. The number of hydrogen-bond donors (Lipinski definition) is 3. The molecule has 7 heteroatoms. The van der Waals surface area contributed by atoms with E-state index < -0.39 is 17.5 Å². The quantitative estimate of drug-likeness (QED) is 0.721. The summed E-state index contributed by atoms with van der Waals surface area (Å²) in [6, 6.07) is 2.94. The lowest BCUT2D eigenvalue weighted by molar-refractivity contribution is -0.881. The largest absolute Gasteiger partial charge is 0.347 e. The van der Waals surface area contributed by atoms with Crippen molar-refractivity contribution in [1.82, 2.24) is 5.32 Å². The summed E-state index contributed by atoms with van der Waals surface area (Å²) in [6.45, 7) is 8.21. The fraction of sp³-hybridized carbons (Fsp3) is 0.500. The van der Waals surface area contributed by atoms with Gasteiger partial charge in [-0.15, -0.1) is 0 Å². The number of benzene rings is 1. The van der Waals surface area contributed by atoms with Crippen LogP contribution in [0.15, 0.2) is 18.2 Å². The van der Waals surface area contributed by atoms with E-state index in [0.717, 1.165) is 11.0 Å². The lowest BCUT2D eigenvalue weighted by atomic mass is 10.1. The molecular formula is C16H24F2N3O2+. The van der Waals surface area contributed by atoms with Crippen LogP contribution in [0.3, 0.4) is 0 Å². The molecule has 3 N–H and O–H groups in total. The molecular weight excluding hydrogens is 304 g/mol. The molecule has 0 heterocycles. The van der Waals surface area contributed by atoms with Crippen molar-refractivity contribution in [2.45, 2.75) is 33.2 Å². The van der Waals surface area contributed by atoms with Crippen molar-refractivity contribution in [2.24, 2.45) is 0 Å². The van der Waals surface area contributed by atoms with Crippen LogP contribution < -0.4 is 15.5 Å². The van der Waals surface area contributed by atoms with Gasteiger partial charge in [0.25, 0.3) is 11.8 Å². The van der Waals surface area contributed by atoms with Crippen molar-refractivity contribution in [3.8, 4) is 0 Å². The first kappa shape index (κ1) is 19.0. The molecule has 0 bridgehead atoms. The Kier molecular flexibility index (Phi) is 6.62. The summed E-state index contributed by atoms with van der Waals surface area (Å²) in [6.07, 6.45) is 0. The maximum absolute atomic E-state index is 13.5. The van der Waals surface area contributed by atoms with Crippen LogP contribution in [0.2, 0.25) is 0 Å². The topological polar surface area (TPSA) is 62.6 Å². The summed E-state index contributed by atoms with van der Waals surface area (Å²) in [5, 5.41) is 5.22. The lowest BCUT2D eigenvalue weighted by Crippen LogP contribution is -3.14. The van der Waals surface area contributed by atoms with Crippen LogP contribution in [0, 0.1) is 11.6 Å². The molecule has 0 aliphatic heterocycles. The first-order valence-corrected chi connectivity index (χ1v) is 7.50. The molecule has 0 aromatic heterocycles. The lowest BCUT2D eigenvalue weighted by Gasteiger charge is -2.23. The summed E-state index contributed by atoms with van der Waals surface area (Å²) in [5.41, 5.74) is -0.416. The molecule has 128 valence electrons. The molecule has 1 aromatic carbocycles. The Morgan fingerprint density at radius 1 is 1.13 bits per heavy atom. The predicted octanol–water partition coefficient (Wildman–Crippen LogP) is 0.723. The molecule has 0 radical (unpaired) electrons. The Bertz CT molecular complexity index is 571. The molecule has 0 aliphatic rings. The average molecular weight is 328 g/mol. The van der Waals surface area contributed by atoms with E-state index in [1.807, 2.05) is 27.7 Å². The zero-order valence-corrected chi connectivity index (χ0v) is 13.9. The van der Waals surface area contributed by atoms with Crippen molar-refractivity contribution in [3.63, 3.8) is 0 Å². The molecule has 1 atom stereocenters. The maximum Gasteiger partial charge on any atom is 0.279 e. The highest BCUT2D eigenvalue weighted by molar-refractivity contribution is 5.91. The van der Waals surface area contributed by atoms with Gasteiger partial charge in [-0.05, 0) is 39.8 Å². The monoisotopic (exact) mass is 328 g/mol. The van der Waals surface area contributed by atoms with Gasteiger partial charge in [0.2, 0.25) is 0 Å². The molecule has 0 saturated carbocycles. The van der Waals surface area contributed by atoms with Crippen LogP contribution in [0.5, 0.6) is 0 Å². The molecule has 0 spiro atoms. The van der Waals surface area contributed by atoms with Gasteiger partial charge in [-0.3, -0.25) is 9.59 Å². The van der Waals surface area contributed by atoms with Gasteiger partial charge < -0.3 is 15.5 Å². The molecule has 0 saturated heterocycles. The van der Waals surface area contributed by atoms with Crippen LogP contribution in [0.25, 0.3) is 0 Å². The van der Waals surface area contributed by atoms with Gasteiger partial charge in [0.15, 0.2) is 13.1 Å². The van der Waals surface area contributed by atoms with Crippen molar-refractivity contribution < 1.29 is 23.3 Å². The van der Waals surface area contributed by atoms with E-state index in [1.54, 1.807) is 0 Å². The van der Waals surface area contributed by atoms with E-state index in [2.05, 4.69) is 10.6 Å². The van der Waals surface area contributed by atoms with Gasteiger partial charge in [0.05, 0.1) is 12.2 Å². The second-order valence-corrected chi connectivity index (χ2v) is 6.43. The number of quaternary nitrogens is 1. The minimum absolute atomic E-state index is 0.0187. The van der Waals surface area contributed by atoms with Crippen LogP contribution in [-0.4, -0.2) is 37.0 Å². The van der Waals surface area contributed by atoms with E-state index in [9.17, 15) is 18.4 Å². The van der Waals surface area contributed by atoms with E-state index in [-0.39, 0.29) is 30.2 Å². The third kappa shape index (κ3) is 7.19. The molecule has 2 amide bonds. The third-order valence-electron chi connectivity index (χ3n) is 3.04. The zero-order valence-electron chi connectivity index (χ0n) is 13.9. The molecule has 1 aromatic rings. The smallest absolute Gasteiger partial charge is 0.279 e. The summed E-state index contributed by atoms with van der Waals surface area (Å²) < 4.78 is 26.3. The van der Waals surface area contributed by atoms with Crippen LogP contribution >= 0.6 is 0 Å². The number of likely N-dealkylation sites (N-methyl/N-ethyl adjacent to an activating group) is 1. The van der Waals surface area contributed by atoms with Crippen molar-refractivity contribution in [3.05, 3.63) is 29.8 Å². The Hall–Kier alpha value is -2.02. The first-order valence-electron chi connectivity index (χ1n) is 7.50. The number of nitrogens with one attached hydrogen (secondary N) is 3. The van der Waals surface area contributed by atoms with E-state index in [1.165, 1.54) is 6.07 Å². The van der Waals surface area contributed by atoms with Crippen LogP contribution in [0.4, 0.5) is 14.5 Å². The second kappa shape index (κ2) is 8.01. The number of hydrogen-bond acceptors (Lipinski definition) is 2.